The van der Waals surface area contributed by atoms with Crippen molar-refractivity contribution < 1.29 is 14.3 Å². The zero-order valence-corrected chi connectivity index (χ0v) is 9.01. The van der Waals surface area contributed by atoms with Crippen LogP contribution in [0.4, 0.5) is 4.39 Å². The number of carbonyl (C=O) groups excluding carboxylic acids is 1. The summed E-state index contributed by atoms with van der Waals surface area (Å²) in [6, 6.07) is 3.62. The number of carbonyl (C=O) groups is 1. The first-order valence-electron chi connectivity index (χ1n) is 3.83. The second-order valence-electron chi connectivity index (χ2n) is 3.06. The summed E-state index contributed by atoms with van der Waals surface area (Å²) in [5, 5.41) is 9.71. The molecule has 1 rings (SSSR count). The van der Waals surface area contributed by atoms with Crippen molar-refractivity contribution >= 4 is 21.8 Å². The average molecular weight is 262 g/mol. The summed E-state index contributed by atoms with van der Waals surface area (Å²) in [6.45, 7) is 1.26. The molecule has 0 saturated heterocycles. The smallest absolute Gasteiger partial charge is 0.253 e. The van der Waals surface area contributed by atoms with Crippen molar-refractivity contribution in [3.8, 4) is 0 Å². The molecule has 0 saturated carbocycles. The monoisotopic (exact) mass is 261 g/mol. The minimum atomic E-state index is -1.80. The van der Waals surface area contributed by atoms with Gasteiger partial charge in [0.25, 0.3) is 5.91 Å². The summed E-state index contributed by atoms with van der Waals surface area (Å²) in [4.78, 5) is 10.9. The van der Waals surface area contributed by atoms with Crippen molar-refractivity contribution in [2.45, 2.75) is 12.5 Å². The van der Waals surface area contributed by atoms with Crippen LogP contribution in [-0.4, -0.2) is 11.0 Å². The third kappa shape index (κ3) is 1.93. The van der Waals surface area contributed by atoms with Crippen LogP contribution < -0.4 is 5.73 Å². The molecule has 1 atom stereocenters. The summed E-state index contributed by atoms with van der Waals surface area (Å²) < 4.78 is 13.0. The lowest BCUT2D eigenvalue weighted by molar-refractivity contribution is -0.135. The lowest BCUT2D eigenvalue weighted by Gasteiger charge is -2.20. The molecule has 0 aliphatic carbocycles. The van der Waals surface area contributed by atoms with Crippen LogP contribution in [0.3, 0.4) is 0 Å². The standard InChI is InChI=1S/C9H9BrFNO2/c1-9(14,8(12)13)6-3-2-5(11)4-7(6)10/h2-4,14H,1H3,(H2,12,13). The van der Waals surface area contributed by atoms with Crippen LogP contribution in [0.5, 0.6) is 0 Å². The Labute approximate surface area is 88.9 Å². The minimum absolute atomic E-state index is 0.242. The van der Waals surface area contributed by atoms with Crippen molar-refractivity contribution in [3.05, 3.63) is 34.1 Å². The molecule has 5 heteroatoms. The molecule has 0 bridgehead atoms. The van der Waals surface area contributed by atoms with Gasteiger partial charge in [-0.05, 0) is 19.1 Å². The van der Waals surface area contributed by atoms with E-state index in [-0.39, 0.29) is 5.56 Å². The molecule has 0 radical (unpaired) electrons. The maximum absolute atomic E-state index is 12.7. The van der Waals surface area contributed by atoms with Gasteiger partial charge in [0.05, 0.1) is 0 Å². The number of hydrogen-bond donors (Lipinski definition) is 2. The molecule has 0 fully saturated rings. The van der Waals surface area contributed by atoms with Gasteiger partial charge in [-0.1, -0.05) is 22.0 Å². The van der Waals surface area contributed by atoms with E-state index in [2.05, 4.69) is 15.9 Å². The largest absolute Gasteiger partial charge is 0.375 e. The van der Waals surface area contributed by atoms with Crippen molar-refractivity contribution in [3.63, 3.8) is 0 Å². The summed E-state index contributed by atoms with van der Waals surface area (Å²) >= 11 is 3.04. The molecule has 0 heterocycles. The second-order valence-corrected chi connectivity index (χ2v) is 3.91. The molecule has 1 aromatic carbocycles. The Morgan fingerprint density at radius 1 is 1.64 bits per heavy atom. The van der Waals surface area contributed by atoms with Gasteiger partial charge in [0.1, 0.15) is 5.82 Å². The molecule has 3 nitrogen and oxygen atoms in total. The Morgan fingerprint density at radius 3 is 2.64 bits per heavy atom. The number of benzene rings is 1. The van der Waals surface area contributed by atoms with E-state index in [9.17, 15) is 14.3 Å². The Morgan fingerprint density at radius 2 is 2.21 bits per heavy atom. The van der Waals surface area contributed by atoms with E-state index in [1.165, 1.54) is 13.0 Å². The fraction of sp³-hybridized carbons (Fsp3) is 0.222. The number of aliphatic hydroxyl groups is 1. The van der Waals surface area contributed by atoms with Crippen molar-refractivity contribution in [2.75, 3.05) is 0 Å². The number of primary amides is 1. The number of halogens is 2. The van der Waals surface area contributed by atoms with Gasteiger partial charge in [-0.2, -0.15) is 0 Å². The highest BCUT2D eigenvalue weighted by molar-refractivity contribution is 9.10. The van der Waals surface area contributed by atoms with E-state index in [0.29, 0.717) is 4.47 Å². The predicted molar refractivity (Wildman–Crippen MR) is 52.9 cm³/mol. The molecule has 0 aromatic heterocycles. The first kappa shape index (κ1) is 11.1. The van der Waals surface area contributed by atoms with Crippen molar-refractivity contribution in [1.82, 2.24) is 0 Å². The Balaban J connectivity index is 3.26. The zero-order valence-electron chi connectivity index (χ0n) is 7.42. The van der Waals surface area contributed by atoms with Gasteiger partial charge in [-0.25, -0.2) is 4.39 Å². The molecule has 14 heavy (non-hydrogen) atoms. The molecule has 0 aliphatic rings. The fourth-order valence-corrected chi connectivity index (χ4v) is 1.75. The normalized spacial score (nSPS) is 14.9. The van der Waals surface area contributed by atoms with Crippen molar-refractivity contribution in [1.29, 1.82) is 0 Å². The van der Waals surface area contributed by atoms with Gasteiger partial charge >= 0.3 is 0 Å². The lowest BCUT2D eigenvalue weighted by Crippen LogP contribution is -2.38. The first-order chi connectivity index (χ1) is 6.35. The summed E-state index contributed by atoms with van der Waals surface area (Å²) in [5.74, 6) is -1.34. The molecule has 1 unspecified atom stereocenters. The van der Waals surface area contributed by atoms with Gasteiger partial charge in [-0.15, -0.1) is 0 Å². The van der Waals surface area contributed by atoms with Crippen LogP contribution >= 0.6 is 15.9 Å². The molecular weight excluding hydrogens is 253 g/mol. The van der Waals surface area contributed by atoms with E-state index in [1.807, 2.05) is 0 Å². The summed E-state index contributed by atoms with van der Waals surface area (Å²) in [7, 11) is 0. The van der Waals surface area contributed by atoms with Crippen LogP contribution in [0, 0.1) is 5.82 Å². The van der Waals surface area contributed by atoms with E-state index in [4.69, 9.17) is 5.73 Å². The Bertz CT molecular complexity index is 379. The van der Waals surface area contributed by atoms with Crippen LogP contribution in [0.25, 0.3) is 0 Å². The highest BCUT2D eigenvalue weighted by Crippen LogP contribution is 2.28. The molecule has 0 spiro atoms. The highest BCUT2D eigenvalue weighted by Gasteiger charge is 2.31. The molecule has 1 amide bonds. The molecule has 0 aliphatic heterocycles. The van der Waals surface area contributed by atoms with Crippen LogP contribution in [0.1, 0.15) is 12.5 Å². The van der Waals surface area contributed by atoms with E-state index in [0.717, 1.165) is 12.1 Å². The maximum atomic E-state index is 12.7. The van der Waals surface area contributed by atoms with Crippen LogP contribution in [0.15, 0.2) is 22.7 Å². The number of hydrogen-bond acceptors (Lipinski definition) is 2. The van der Waals surface area contributed by atoms with Gasteiger partial charge in [0.15, 0.2) is 5.60 Å². The van der Waals surface area contributed by atoms with Crippen LogP contribution in [0.2, 0.25) is 0 Å². The second kappa shape index (κ2) is 3.67. The predicted octanol–water partition coefficient (Wildman–Crippen LogP) is 1.28. The zero-order chi connectivity index (χ0) is 10.9. The third-order valence-corrected chi connectivity index (χ3v) is 2.59. The van der Waals surface area contributed by atoms with Gasteiger partial charge < -0.3 is 10.8 Å². The Kier molecular flexibility index (Phi) is 2.92. The Hall–Kier alpha value is -0.940. The first-order valence-corrected chi connectivity index (χ1v) is 4.63. The van der Waals surface area contributed by atoms with E-state index in [1.54, 1.807) is 0 Å². The van der Waals surface area contributed by atoms with Crippen LogP contribution in [-0.2, 0) is 10.4 Å². The average Bonchev–Trinajstić information content (AvgIpc) is 2.02. The van der Waals surface area contributed by atoms with E-state index >= 15 is 0 Å². The van der Waals surface area contributed by atoms with Gasteiger partial charge in [0.2, 0.25) is 0 Å². The van der Waals surface area contributed by atoms with Gasteiger partial charge in [0, 0.05) is 10.0 Å². The van der Waals surface area contributed by atoms with Crippen molar-refractivity contribution in [2.24, 2.45) is 5.73 Å². The maximum Gasteiger partial charge on any atom is 0.253 e. The fourth-order valence-electron chi connectivity index (χ4n) is 1.02. The topological polar surface area (TPSA) is 63.3 Å². The SMILES string of the molecule is CC(O)(C(N)=O)c1ccc(F)cc1Br. The molecule has 76 valence electrons. The third-order valence-electron chi connectivity index (χ3n) is 1.94. The summed E-state index contributed by atoms with van der Waals surface area (Å²) in [6.07, 6.45) is 0. The molecular formula is C9H9BrFNO2. The highest BCUT2D eigenvalue weighted by atomic mass is 79.9. The van der Waals surface area contributed by atoms with Gasteiger partial charge in [-0.3, -0.25) is 4.79 Å². The minimum Gasteiger partial charge on any atom is -0.375 e. The number of amides is 1. The quantitative estimate of drug-likeness (QED) is 0.843. The molecule has 3 N–H and O–H groups in total. The number of nitrogens with two attached hydrogens (primary N) is 1. The van der Waals surface area contributed by atoms with E-state index < -0.39 is 17.3 Å². The number of rotatable bonds is 2. The molecule has 1 aromatic rings. The summed E-state index contributed by atoms with van der Waals surface area (Å²) in [5.41, 5.74) is 3.45. The lowest BCUT2D eigenvalue weighted by atomic mass is 9.95.